The molecule has 0 saturated carbocycles. The summed E-state index contributed by atoms with van der Waals surface area (Å²) in [7, 11) is 1.46. The molecule has 24 heavy (non-hydrogen) atoms. The largest absolute Gasteiger partial charge is 0.483 e. The first kappa shape index (κ1) is 19.6. The fourth-order valence-corrected chi connectivity index (χ4v) is 1.85. The quantitative estimate of drug-likeness (QED) is 0.794. The number of rotatable bonds is 7. The topological polar surface area (TPSA) is 76.7 Å². The van der Waals surface area contributed by atoms with Crippen molar-refractivity contribution in [1.82, 2.24) is 10.6 Å². The molecule has 0 aliphatic carbocycles. The summed E-state index contributed by atoms with van der Waals surface area (Å²) in [6.45, 7) is -0.142. The Kier molecular flexibility index (Phi) is 7.34. The minimum absolute atomic E-state index is 0.220. The summed E-state index contributed by atoms with van der Waals surface area (Å²) in [5.41, 5.74) is 0.535. The normalized spacial score (nSPS) is 12.2. The van der Waals surface area contributed by atoms with E-state index in [0.717, 1.165) is 0 Å². The average molecular weight is 348 g/mol. The molecule has 2 N–H and O–H groups in total. The fraction of sp³-hybridized carbons (Fsp3) is 0.467. The van der Waals surface area contributed by atoms with Gasteiger partial charge in [-0.1, -0.05) is 25.1 Å². The summed E-state index contributed by atoms with van der Waals surface area (Å²) >= 11 is 0. The smallest absolute Gasteiger partial charge is 0.422 e. The third kappa shape index (κ3) is 6.76. The Balaban J connectivity index is 2.77. The van der Waals surface area contributed by atoms with Gasteiger partial charge in [0.15, 0.2) is 13.2 Å². The van der Waals surface area contributed by atoms with Crippen LogP contribution in [-0.4, -0.2) is 38.4 Å². The van der Waals surface area contributed by atoms with E-state index >= 15 is 0 Å². The van der Waals surface area contributed by atoms with E-state index in [1.54, 1.807) is 31.2 Å². The zero-order valence-corrected chi connectivity index (χ0v) is 13.3. The second-order valence-corrected chi connectivity index (χ2v) is 4.80. The maximum Gasteiger partial charge on any atom is 0.422 e. The highest BCUT2D eigenvalue weighted by Gasteiger charge is 2.30. The summed E-state index contributed by atoms with van der Waals surface area (Å²) in [4.78, 5) is 22.8. The van der Waals surface area contributed by atoms with Gasteiger partial charge >= 0.3 is 12.3 Å². The van der Waals surface area contributed by atoms with Crippen LogP contribution in [0.4, 0.5) is 18.0 Å². The maximum atomic E-state index is 12.1. The fourth-order valence-electron chi connectivity index (χ4n) is 1.85. The number of benzene rings is 1. The molecule has 1 unspecified atom stereocenters. The van der Waals surface area contributed by atoms with Gasteiger partial charge in [0, 0.05) is 12.6 Å². The Hall–Kier alpha value is -2.45. The van der Waals surface area contributed by atoms with E-state index in [9.17, 15) is 22.8 Å². The van der Waals surface area contributed by atoms with E-state index < -0.39 is 24.9 Å². The van der Waals surface area contributed by atoms with Gasteiger partial charge in [-0.15, -0.1) is 0 Å². The highest BCUT2D eigenvalue weighted by molar-refractivity contribution is 5.77. The molecule has 0 aromatic heterocycles. The lowest BCUT2D eigenvalue weighted by molar-refractivity contribution is -0.160. The molecule has 0 aliphatic heterocycles. The lowest BCUT2D eigenvalue weighted by Gasteiger charge is -2.20. The minimum Gasteiger partial charge on any atom is -0.483 e. The molecule has 0 spiro atoms. The average Bonchev–Trinajstić information content (AvgIpc) is 2.55. The Morgan fingerprint density at radius 2 is 1.92 bits per heavy atom. The molecule has 2 amide bonds. The van der Waals surface area contributed by atoms with Crippen LogP contribution in [0.5, 0.6) is 5.75 Å². The summed E-state index contributed by atoms with van der Waals surface area (Å²) < 4.78 is 45.7. The minimum atomic E-state index is -4.59. The number of ether oxygens (including phenoxy) is 2. The summed E-state index contributed by atoms with van der Waals surface area (Å²) in [6, 6.07) is 6.00. The number of carbonyl (C=O) groups excluding carboxylic acids is 2. The number of hydrogen-bond acceptors (Lipinski definition) is 4. The van der Waals surface area contributed by atoms with Crippen LogP contribution in [-0.2, 0) is 9.53 Å². The van der Waals surface area contributed by atoms with Crippen LogP contribution in [0.1, 0.15) is 24.9 Å². The standard InChI is InChI=1S/C15H19F3N2O4/c1-3-11(20-14(22)24-9-15(16,17)18)10-6-4-5-7-12(10)23-8-13(21)19-2/h4-7,11H,3,8-9H2,1-2H3,(H,19,21)(H,20,22). The van der Waals surface area contributed by atoms with Gasteiger partial charge in [0.2, 0.25) is 0 Å². The SMILES string of the molecule is CCC(NC(=O)OCC(F)(F)F)c1ccccc1OCC(=O)NC. The lowest BCUT2D eigenvalue weighted by Crippen LogP contribution is -2.32. The van der Waals surface area contributed by atoms with E-state index in [-0.39, 0.29) is 12.5 Å². The molecule has 0 fully saturated rings. The predicted molar refractivity (Wildman–Crippen MR) is 79.6 cm³/mol. The molecule has 134 valence electrons. The van der Waals surface area contributed by atoms with Crippen LogP contribution in [0.15, 0.2) is 24.3 Å². The molecule has 0 saturated heterocycles. The number of alkyl carbamates (subject to hydrolysis) is 1. The summed E-state index contributed by atoms with van der Waals surface area (Å²) in [5, 5.41) is 4.76. The Morgan fingerprint density at radius 1 is 1.25 bits per heavy atom. The zero-order valence-electron chi connectivity index (χ0n) is 13.3. The Morgan fingerprint density at radius 3 is 2.50 bits per heavy atom. The number of carbonyl (C=O) groups is 2. The number of alkyl halides is 3. The van der Waals surface area contributed by atoms with Gasteiger partial charge in [0.25, 0.3) is 5.91 Å². The number of para-hydroxylation sites is 1. The van der Waals surface area contributed by atoms with Crippen LogP contribution in [0.25, 0.3) is 0 Å². The first-order valence-electron chi connectivity index (χ1n) is 7.19. The molecule has 0 radical (unpaired) electrons. The second kappa shape index (κ2) is 8.99. The molecule has 1 aromatic rings. The first-order chi connectivity index (χ1) is 11.3. The summed E-state index contributed by atoms with van der Waals surface area (Å²) in [5.74, 6) is 0.0134. The lowest BCUT2D eigenvalue weighted by atomic mass is 10.0. The van der Waals surface area contributed by atoms with Crippen molar-refractivity contribution in [2.75, 3.05) is 20.3 Å². The van der Waals surface area contributed by atoms with E-state index in [2.05, 4.69) is 15.4 Å². The Labute approximate surface area is 137 Å². The van der Waals surface area contributed by atoms with Gasteiger partial charge in [-0.05, 0) is 12.5 Å². The molecule has 9 heteroatoms. The third-order valence-corrected chi connectivity index (χ3v) is 3.00. The molecule has 0 aliphatic rings. The molecule has 6 nitrogen and oxygen atoms in total. The highest BCUT2D eigenvalue weighted by atomic mass is 19.4. The molecular weight excluding hydrogens is 329 g/mol. The molecule has 0 bridgehead atoms. The second-order valence-electron chi connectivity index (χ2n) is 4.80. The molecule has 1 rings (SSSR count). The predicted octanol–water partition coefficient (Wildman–Crippen LogP) is 2.55. The molecule has 1 aromatic carbocycles. The van der Waals surface area contributed by atoms with Crippen LogP contribution >= 0.6 is 0 Å². The first-order valence-corrected chi connectivity index (χ1v) is 7.19. The van der Waals surface area contributed by atoms with Gasteiger partial charge in [-0.2, -0.15) is 13.2 Å². The van der Waals surface area contributed by atoms with Gasteiger partial charge < -0.3 is 20.1 Å². The van der Waals surface area contributed by atoms with E-state index in [4.69, 9.17) is 4.74 Å². The molecule has 1 atom stereocenters. The van der Waals surface area contributed by atoms with Crippen molar-refractivity contribution in [3.8, 4) is 5.75 Å². The van der Waals surface area contributed by atoms with Crippen LogP contribution in [0.2, 0.25) is 0 Å². The van der Waals surface area contributed by atoms with E-state index in [1.165, 1.54) is 7.05 Å². The number of likely N-dealkylation sites (N-methyl/N-ethyl adjacent to an activating group) is 1. The van der Waals surface area contributed by atoms with Gasteiger partial charge in [-0.25, -0.2) is 4.79 Å². The monoisotopic (exact) mass is 348 g/mol. The van der Waals surface area contributed by atoms with Crippen molar-refractivity contribution < 1.29 is 32.2 Å². The molecular formula is C15H19F3N2O4. The van der Waals surface area contributed by atoms with E-state index in [0.29, 0.717) is 17.7 Å². The maximum absolute atomic E-state index is 12.1. The van der Waals surface area contributed by atoms with Gasteiger partial charge in [-0.3, -0.25) is 4.79 Å². The highest BCUT2D eigenvalue weighted by Crippen LogP contribution is 2.27. The van der Waals surface area contributed by atoms with Crippen molar-refractivity contribution in [3.63, 3.8) is 0 Å². The van der Waals surface area contributed by atoms with Crippen LogP contribution in [0.3, 0.4) is 0 Å². The molecule has 0 heterocycles. The van der Waals surface area contributed by atoms with Crippen molar-refractivity contribution in [2.45, 2.75) is 25.6 Å². The van der Waals surface area contributed by atoms with Crippen molar-refractivity contribution in [2.24, 2.45) is 0 Å². The van der Waals surface area contributed by atoms with Crippen LogP contribution in [0, 0.1) is 0 Å². The number of nitrogens with one attached hydrogen (secondary N) is 2. The van der Waals surface area contributed by atoms with Crippen molar-refractivity contribution >= 4 is 12.0 Å². The van der Waals surface area contributed by atoms with Crippen LogP contribution < -0.4 is 15.4 Å². The third-order valence-electron chi connectivity index (χ3n) is 3.00. The zero-order chi connectivity index (χ0) is 18.2. The van der Waals surface area contributed by atoms with E-state index in [1.807, 2.05) is 0 Å². The summed E-state index contributed by atoms with van der Waals surface area (Å²) in [6.07, 6.45) is -5.38. The van der Waals surface area contributed by atoms with Gasteiger partial charge in [0.05, 0.1) is 6.04 Å². The van der Waals surface area contributed by atoms with Crippen molar-refractivity contribution in [3.05, 3.63) is 29.8 Å². The van der Waals surface area contributed by atoms with Gasteiger partial charge in [0.1, 0.15) is 5.75 Å². The number of halogens is 3. The number of amides is 2. The Bertz CT molecular complexity index is 564. The van der Waals surface area contributed by atoms with Crippen molar-refractivity contribution in [1.29, 1.82) is 0 Å². The number of hydrogen-bond donors (Lipinski definition) is 2.